The van der Waals surface area contributed by atoms with E-state index in [0.29, 0.717) is 6.54 Å². The van der Waals surface area contributed by atoms with Gasteiger partial charge >= 0.3 is 0 Å². The lowest BCUT2D eigenvalue weighted by Gasteiger charge is -2.29. The first-order chi connectivity index (χ1) is 6.72. The van der Waals surface area contributed by atoms with Crippen molar-refractivity contribution < 1.29 is 5.11 Å². The molecule has 2 aliphatic rings. The Bertz CT molecular complexity index is 193. The van der Waals surface area contributed by atoms with Crippen LogP contribution in [0.5, 0.6) is 0 Å². The van der Waals surface area contributed by atoms with Gasteiger partial charge in [0.1, 0.15) is 0 Å². The summed E-state index contributed by atoms with van der Waals surface area (Å²) in [6.07, 6.45) is 5.91. The van der Waals surface area contributed by atoms with Crippen LogP contribution in [0.3, 0.4) is 0 Å². The van der Waals surface area contributed by atoms with Gasteiger partial charge in [0.15, 0.2) is 0 Å². The molecule has 2 heteroatoms. The van der Waals surface area contributed by atoms with Crippen LogP contribution in [0.2, 0.25) is 0 Å². The number of rotatable bonds is 4. The van der Waals surface area contributed by atoms with Gasteiger partial charge in [-0.15, -0.1) is 0 Å². The average molecular weight is 197 g/mol. The van der Waals surface area contributed by atoms with E-state index in [9.17, 15) is 5.11 Å². The molecule has 2 aliphatic carbocycles. The van der Waals surface area contributed by atoms with Crippen molar-refractivity contribution in [1.29, 1.82) is 0 Å². The summed E-state index contributed by atoms with van der Waals surface area (Å²) < 4.78 is 0. The third-order valence-electron chi connectivity index (χ3n) is 4.58. The standard InChI is InChI=1S/C12H23NO/c1-8-9-2-3-10(6-9)12(8)7-11(14)4-5-13/h8-12,14H,2-7,13H2,1H3/t8-,9?,10?,11?,12+/m0/s1. The number of aliphatic hydroxyl groups is 1. The molecule has 0 amide bonds. The number of hydrogen-bond donors (Lipinski definition) is 2. The van der Waals surface area contributed by atoms with E-state index in [4.69, 9.17) is 5.73 Å². The molecular weight excluding hydrogens is 174 g/mol. The molecule has 0 heterocycles. The van der Waals surface area contributed by atoms with Crippen molar-refractivity contribution in [3.05, 3.63) is 0 Å². The van der Waals surface area contributed by atoms with E-state index in [1.54, 1.807) is 0 Å². The van der Waals surface area contributed by atoms with E-state index in [1.807, 2.05) is 0 Å². The van der Waals surface area contributed by atoms with Crippen molar-refractivity contribution in [1.82, 2.24) is 0 Å². The van der Waals surface area contributed by atoms with E-state index in [1.165, 1.54) is 19.3 Å². The van der Waals surface area contributed by atoms with Crippen LogP contribution in [0.1, 0.15) is 39.0 Å². The number of hydrogen-bond acceptors (Lipinski definition) is 2. The zero-order chi connectivity index (χ0) is 10.1. The van der Waals surface area contributed by atoms with Gasteiger partial charge in [-0.2, -0.15) is 0 Å². The molecule has 0 saturated heterocycles. The molecule has 0 spiro atoms. The van der Waals surface area contributed by atoms with E-state index in [2.05, 4.69) is 6.92 Å². The fourth-order valence-electron chi connectivity index (χ4n) is 3.73. The van der Waals surface area contributed by atoms with Gasteiger partial charge < -0.3 is 10.8 Å². The van der Waals surface area contributed by atoms with Crippen LogP contribution in [0.15, 0.2) is 0 Å². The van der Waals surface area contributed by atoms with Gasteiger partial charge in [0, 0.05) is 0 Å². The molecule has 0 aliphatic heterocycles. The first-order valence-corrected chi connectivity index (χ1v) is 6.10. The number of aliphatic hydroxyl groups excluding tert-OH is 1. The van der Waals surface area contributed by atoms with Crippen LogP contribution in [-0.2, 0) is 0 Å². The van der Waals surface area contributed by atoms with E-state index in [0.717, 1.165) is 36.5 Å². The van der Waals surface area contributed by atoms with Crippen LogP contribution < -0.4 is 5.73 Å². The molecule has 0 aromatic rings. The minimum absolute atomic E-state index is 0.146. The summed E-state index contributed by atoms with van der Waals surface area (Å²) in [7, 11) is 0. The predicted molar refractivity (Wildman–Crippen MR) is 57.8 cm³/mol. The molecule has 3 N–H and O–H groups in total. The van der Waals surface area contributed by atoms with Gasteiger partial charge in [-0.25, -0.2) is 0 Å². The maximum Gasteiger partial charge on any atom is 0.0555 e. The van der Waals surface area contributed by atoms with Crippen molar-refractivity contribution in [3.63, 3.8) is 0 Å². The largest absolute Gasteiger partial charge is 0.393 e. The summed E-state index contributed by atoms with van der Waals surface area (Å²) in [6, 6.07) is 0. The first kappa shape index (κ1) is 10.4. The van der Waals surface area contributed by atoms with Gasteiger partial charge in [0.05, 0.1) is 6.10 Å². The second kappa shape index (κ2) is 4.19. The highest BCUT2D eigenvalue weighted by Crippen LogP contribution is 2.53. The lowest BCUT2D eigenvalue weighted by molar-refractivity contribution is 0.0990. The second-order valence-electron chi connectivity index (χ2n) is 5.32. The summed E-state index contributed by atoms with van der Waals surface area (Å²) in [4.78, 5) is 0. The van der Waals surface area contributed by atoms with Gasteiger partial charge in [-0.3, -0.25) is 0 Å². The molecule has 2 bridgehead atoms. The first-order valence-electron chi connectivity index (χ1n) is 6.10. The summed E-state index contributed by atoms with van der Waals surface area (Å²) in [5.74, 6) is 3.52. The molecule has 2 nitrogen and oxygen atoms in total. The van der Waals surface area contributed by atoms with Crippen LogP contribution >= 0.6 is 0 Å². The monoisotopic (exact) mass is 197 g/mol. The molecule has 0 aromatic heterocycles. The summed E-state index contributed by atoms with van der Waals surface area (Å²) in [6.45, 7) is 3.00. The van der Waals surface area contributed by atoms with Crippen LogP contribution in [0, 0.1) is 23.7 Å². The SMILES string of the molecule is C[C@H]1C2CCC(C2)[C@@H]1CC(O)CCN. The molecule has 14 heavy (non-hydrogen) atoms. The van der Waals surface area contributed by atoms with Gasteiger partial charge in [0.25, 0.3) is 0 Å². The molecule has 2 fully saturated rings. The molecule has 3 unspecified atom stereocenters. The van der Waals surface area contributed by atoms with Gasteiger partial charge in [-0.1, -0.05) is 6.92 Å². The van der Waals surface area contributed by atoms with Gasteiger partial charge in [0.2, 0.25) is 0 Å². The minimum atomic E-state index is -0.146. The highest BCUT2D eigenvalue weighted by atomic mass is 16.3. The van der Waals surface area contributed by atoms with Crippen molar-refractivity contribution in [2.75, 3.05) is 6.54 Å². The Balaban J connectivity index is 1.86. The van der Waals surface area contributed by atoms with E-state index < -0.39 is 0 Å². The van der Waals surface area contributed by atoms with E-state index in [-0.39, 0.29) is 6.10 Å². The molecule has 0 radical (unpaired) electrons. The Kier molecular flexibility index (Phi) is 3.13. The Morgan fingerprint density at radius 1 is 1.36 bits per heavy atom. The zero-order valence-corrected chi connectivity index (χ0v) is 9.15. The fraction of sp³-hybridized carbons (Fsp3) is 1.00. The topological polar surface area (TPSA) is 46.2 Å². The Morgan fingerprint density at radius 3 is 2.64 bits per heavy atom. The minimum Gasteiger partial charge on any atom is -0.393 e. The second-order valence-corrected chi connectivity index (χ2v) is 5.32. The smallest absolute Gasteiger partial charge is 0.0555 e. The molecule has 5 atom stereocenters. The predicted octanol–water partition coefficient (Wildman–Crippen LogP) is 1.77. The van der Waals surface area contributed by atoms with Crippen molar-refractivity contribution in [2.45, 2.75) is 45.1 Å². The van der Waals surface area contributed by atoms with Gasteiger partial charge in [-0.05, 0) is 62.3 Å². The highest BCUT2D eigenvalue weighted by molar-refractivity contribution is 4.95. The summed E-state index contributed by atoms with van der Waals surface area (Å²) >= 11 is 0. The lowest BCUT2D eigenvalue weighted by Crippen LogP contribution is -2.25. The fourth-order valence-corrected chi connectivity index (χ4v) is 3.73. The molecule has 82 valence electrons. The van der Waals surface area contributed by atoms with Crippen LogP contribution in [0.4, 0.5) is 0 Å². The summed E-state index contributed by atoms with van der Waals surface area (Å²) in [5.41, 5.74) is 5.45. The third kappa shape index (κ3) is 1.82. The average Bonchev–Trinajstić information content (AvgIpc) is 2.70. The highest BCUT2D eigenvalue weighted by Gasteiger charge is 2.45. The zero-order valence-electron chi connectivity index (χ0n) is 9.15. The Morgan fingerprint density at radius 2 is 2.07 bits per heavy atom. The lowest BCUT2D eigenvalue weighted by atomic mass is 9.77. The molecule has 0 aromatic carbocycles. The molecular formula is C12H23NO. The van der Waals surface area contributed by atoms with Crippen molar-refractivity contribution >= 4 is 0 Å². The molecule has 2 rings (SSSR count). The molecule has 2 saturated carbocycles. The van der Waals surface area contributed by atoms with E-state index >= 15 is 0 Å². The van der Waals surface area contributed by atoms with Crippen molar-refractivity contribution in [3.8, 4) is 0 Å². The quantitative estimate of drug-likeness (QED) is 0.721. The Labute approximate surface area is 86.9 Å². The number of nitrogens with two attached hydrogens (primary N) is 1. The maximum atomic E-state index is 9.78. The Hall–Kier alpha value is -0.0800. The van der Waals surface area contributed by atoms with Crippen LogP contribution in [0.25, 0.3) is 0 Å². The van der Waals surface area contributed by atoms with Crippen molar-refractivity contribution in [2.24, 2.45) is 29.4 Å². The number of fused-ring (bicyclic) bond motifs is 2. The normalized spacial score (nSPS) is 43.1. The third-order valence-corrected chi connectivity index (χ3v) is 4.58. The summed E-state index contributed by atoms with van der Waals surface area (Å²) in [5, 5.41) is 9.78. The van der Waals surface area contributed by atoms with Crippen LogP contribution in [-0.4, -0.2) is 17.8 Å². The maximum absolute atomic E-state index is 9.78.